The molecule has 1 aromatic carbocycles. The van der Waals surface area contributed by atoms with Gasteiger partial charge in [-0.15, -0.1) is 0 Å². The zero-order valence-corrected chi connectivity index (χ0v) is 12.1. The molecule has 0 radical (unpaired) electrons. The van der Waals surface area contributed by atoms with Crippen LogP contribution in [0.25, 0.3) is 0 Å². The molecule has 0 fully saturated rings. The van der Waals surface area contributed by atoms with Crippen LogP contribution in [0.1, 0.15) is 5.76 Å². The van der Waals surface area contributed by atoms with Gasteiger partial charge in [0.1, 0.15) is 5.76 Å². The van der Waals surface area contributed by atoms with Crippen LogP contribution in [-0.2, 0) is 16.8 Å². The van der Waals surface area contributed by atoms with E-state index in [1.165, 1.54) is 14.1 Å². The standard InChI is InChI=1S/C13H17N3O3S/c1-16(2)20(17,18)15-12-7-5-11(6-8-12)14-10-13-4-3-9-19-13/h3-9,14-15H,10H2,1-2H3. The summed E-state index contributed by atoms with van der Waals surface area (Å²) in [5, 5.41) is 3.18. The van der Waals surface area contributed by atoms with Crippen LogP contribution in [0.3, 0.4) is 0 Å². The lowest BCUT2D eigenvalue weighted by Gasteiger charge is -2.13. The van der Waals surface area contributed by atoms with E-state index in [4.69, 9.17) is 4.42 Å². The SMILES string of the molecule is CN(C)S(=O)(=O)Nc1ccc(NCc2ccco2)cc1. The van der Waals surface area contributed by atoms with E-state index >= 15 is 0 Å². The van der Waals surface area contributed by atoms with Crippen molar-refractivity contribution < 1.29 is 12.8 Å². The summed E-state index contributed by atoms with van der Waals surface area (Å²) in [5.41, 5.74) is 1.40. The first-order valence-corrected chi connectivity index (χ1v) is 7.48. The fourth-order valence-corrected chi connectivity index (χ4v) is 2.12. The molecule has 0 aliphatic carbocycles. The fraction of sp³-hybridized carbons (Fsp3) is 0.231. The number of anilines is 2. The van der Waals surface area contributed by atoms with Crippen LogP contribution in [0.4, 0.5) is 11.4 Å². The summed E-state index contributed by atoms with van der Waals surface area (Å²) in [5.74, 6) is 0.836. The molecule has 0 aliphatic rings. The van der Waals surface area contributed by atoms with Gasteiger partial charge in [-0.25, -0.2) is 0 Å². The molecule has 6 nitrogen and oxygen atoms in total. The monoisotopic (exact) mass is 295 g/mol. The summed E-state index contributed by atoms with van der Waals surface area (Å²) in [6, 6.07) is 10.7. The lowest BCUT2D eigenvalue weighted by molar-refractivity contribution is 0.518. The molecule has 1 heterocycles. The molecule has 0 atom stereocenters. The molecule has 0 aliphatic heterocycles. The third-order valence-electron chi connectivity index (χ3n) is 2.66. The summed E-state index contributed by atoms with van der Waals surface area (Å²) in [6.07, 6.45) is 1.62. The predicted molar refractivity (Wildman–Crippen MR) is 78.7 cm³/mol. The van der Waals surface area contributed by atoms with Gasteiger partial charge in [-0.3, -0.25) is 4.72 Å². The Balaban J connectivity index is 1.96. The highest BCUT2D eigenvalue weighted by atomic mass is 32.2. The summed E-state index contributed by atoms with van der Waals surface area (Å²) in [6.45, 7) is 0.579. The van der Waals surface area contributed by atoms with E-state index in [0.29, 0.717) is 12.2 Å². The Morgan fingerprint density at radius 1 is 1.10 bits per heavy atom. The number of nitrogens with one attached hydrogen (secondary N) is 2. The zero-order valence-electron chi connectivity index (χ0n) is 11.3. The van der Waals surface area contributed by atoms with E-state index in [0.717, 1.165) is 15.8 Å². The third-order valence-corrected chi connectivity index (χ3v) is 4.11. The smallest absolute Gasteiger partial charge is 0.301 e. The van der Waals surface area contributed by atoms with Gasteiger partial charge in [0.25, 0.3) is 0 Å². The normalized spacial score (nSPS) is 11.6. The van der Waals surface area contributed by atoms with E-state index in [9.17, 15) is 8.42 Å². The lowest BCUT2D eigenvalue weighted by atomic mass is 10.3. The zero-order chi connectivity index (χ0) is 14.6. The quantitative estimate of drug-likeness (QED) is 0.856. The first-order chi connectivity index (χ1) is 9.47. The second kappa shape index (κ2) is 5.98. The molecule has 2 aromatic rings. The van der Waals surface area contributed by atoms with Gasteiger partial charge in [0, 0.05) is 25.5 Å². The van der Waals surface area contributed by atoms with Crippen LogP contribution in [0.2, 0.25) is 0 Å². The van der Waals surface area contributed by atoms with Crippen molar-refractivity contribution >= 4 is 21.6 Å². The third kappa shape index (κ3) is 3.75. The van der Waals surface area contributed by atoms with E-state index in [1.54, 1.807) is 30.5 Å². The van der Waals surface area contributed by atoms with Crippen LogP contribution < -0.4 is 10.0 Å². The molecular weight excluding hydrogens is 278 g/mol. The van der Waals surface area contributed by atoms with Gasteiger partial charge < -0.3 is 9.73 Å². The topological polar surface area (TPSA) is 74.6 Å². The summed E-state index contributed by atoms with van der Waals surface area (Å²) >= 11 is 0. The Kier molecular flexibility index (Phi) is 4.31. The molecule has 2 rings (SSSR count). The molecule has 0 saturated heterocycles. The maximum absolute atomic E-state index is 11.7. The molecule has 0 unspecified atom stereocenters. The molecule has 7 heteroatoms. The molecular formula is C13H17N3O3S. The number of benzene rings is 1. The minimum atomic E-state index is -3.46. The first-order valence-electron chi connectivity index (χ1n) is 6.04. The molecule has 108 valence electrons. The summed E-state index contributed by atoms with van der Waals surface area (Å²) in [4.78, 5) is 0. The Morgan fingerprint density at radius 2 is 1.75 bits per heavy atom. The Hall–Kier alpha value is -1.99. The van der Waals surface area contributed by atoms with Crippen molar-refractivity contribution in [2.75, 3.05) is 24.1 Å². The van der Waals surface area contributed by atoms with Gasteiger partial charge in [0.2, 0.25) is 0 Å². The Labute approximate surface area is 118 Å². The highest BCUT2D eigenvalue weighted by Gasteiger charge is 2.12. The van der Waals surface area contributed by atoms with Crippen LogP contribution in [0, 0.1) is 0 Å². The lowest BCUT2D eigenvalue weighted by Crippen LogP contribution is -2.28. The van der Waals surface area contributed by atoms with Crippen molar-refractivity contribution in [1.82, 2.24) is 4.31 Å². The van der Waals surface area contributed by atoms with Crippen LogP contribution >= 0.6 is 0 Å². The first kappa shape index (κ1) is 14.4. The van der Waals surface area contributed by atoms with Gasteiger partial charge in [-0.2, -0.15) is 12.7 Å². The number of hydrogen-bond donors (Lipinski definition) is 2. The maximum Gasteiger partial charge on any atom is 0.301 e. The minimum absolute atomic E-state index is 0.516. The summed E-state index contributed by atoms with van der Waals surface area (Å²) < 4.78 is 32.1. The van der Waals surface area contributed by atoms with E-state index in [1.807, 2.05) is 12.1 Å². The minimum Gasteiger partial charge on any atom is -0.467 e. The highest BCUT2D eigenvalue weighted by Crippen LogP contribution is 2.16. The van der Waals surface area contributed by atoms with Crippen molar-refractivity contribution in [3.63, 3.8) is 0 Å². The van der Waals surface area contributed by atoms with Crippen LogP contribution in [-0.4, -0.2) is 26.8 Å². The molecule has 0 saturated carbocycles. The van der Waals surface area contributed by atoms with Crippen molar-refractivity contribution in [2.24, 2.45) is 0 Å². The number of furan rings is 1. The van der Waals surface area contributed by atoms with Gasteiger partial charge in [0.15, 0.2) is 0 Å². The fourth-order valence-electron chi connectivity index (χ4n) is 1.50. The van der Waals surface area contributed by atoms with Crippen molar-refractivity contribution in [2.45, 2.75) is 6.54 Å². The van der Waals surface area contributed by atoms with E-state index < -0.39 is 10.2 Å². The van der Waals surface area contributed by atoms with Crippen molar-refractivity contribution in [3.8, 4) is 0 Å². The molecule has 20 heavy (non-hydrogen) atoms. The van der Waals surface area contributed by atoms with Gasteiger partial charge in [-0.1, -0.05) is 0 Å². The van der Waals surface area contributed by atoms with Gasteiger partial charge in [0.05, 0.1) is 12.8 Å². The Morgan fingerprint density at radius 3 is 2.30 bits per heavy atom. The molecule has 0 amide bonds. The maximum atomic E-state index is 11.7. The second-order valence-corrected chi connectivity index (χ2v) is 6.28. The number of rotatable bonds is 6. The molecule has 2 N–H and O–H groups in total. The average Bonchev–Trinajstić information content (AvgIpc) is 2.90. The van der Waals surface area contributed by atoms with Crippen LogP contribution in [0.5, 0.6) is 0 Å². The number of hydrogen-bond acceptors (Lipinski definition) is 4. The van der Waals surface area contributed by atoms with E-state index in [-0.39, 0.29) is 0 Å². The highest BCUT2D eigenvalue weighted by molar-refractivity contribution is 7.90. The largest absolute Gasteiger partial charge is 0.467 e. The van der Waals surface area contributed by atoms with Crippen molar-refractivity contribution in [3.05, 3.63) is 48.4 Å². The molecule has 1 aromatic heterocycles. The molecule has 0 bridgehead atoms. The predicted octanol–water partition coefficient (Wildman–Crippen LogP) is 2.11. The van der Waals surface area contributed by atoms with Crippen molar-refractivity contribution in [1.29, 1.82) is 0 Å². The average molecular weight is 295 g/mol. The number of nitrogens with zero attached hydrogens (tertiary/aromatic N) is 1. The second-order valence-electron chi connectivity index (χ2n) is 4.40. The van der Waals surface area contributed by atoms with Gasteiger partial charge in [-0.05, 0) is 36.4 Å². The van der Waals surface area contributed by atoms with Gasteiger partial charge >= 0.3 is 10.2 Å². The van der Waals surface area contributed by atoms with Crippen LogP contribution in [0.15, 0.2) is 47.1 Å². The Bertz CT molecular complexity index is 634. The summed E-state index contributed by atoms with van der Waals surface area (Å²) in [7, 11) is -0.516. The van der Waals surface area contributed by atoms with E-state index in [2.05, 4.69) is 10.0 Å². The molecule has 0 spiro atoms.